The first-order valence-electron chi connectivity index (χ1n) is 5.17. The molecule has 0 aliphatic carbocycles. The molecule has 1 aromatic rings. The Labute approximate surface area is 116 Å². The number of hydrogen-bond acceptors (Lipinski definition) is 2. The largest absolute Gasteiger partial charge is 0.337 e. The lowest BCUT2D eigenvalue weighted by Gasteiger charge is -2.26. The van der Waals surface area contributed by atoms with Gasteiger partial charge in [-0.2, -0.15) is 0 Å². The van der Waals surface area contributed by atoms with Gasteiger partial charge in [0.1, 0.15) is 0 Å². The molecule has 1 heterocycles. The van der Waals surface area contributed by atoms with Crippen molar-refractivity contribution in [2.45, 2.75) is 0 Å². The van der Waals surface area contributed by atoms with Crippen LogP contribution >= 0.6 is 27.5 Å². The van der Waals surface area contributed by atoms with Gasteiger partial charge in [0.25, 0.3) is 5.91 Å². The predicted octanol–water partition coefficient (Wildman–Crippen LogP) is 2.31. The second-order valence-electron chi connectivity index (χ2n) is 3.77. The number of halogens is 2. The molecule has 1 aromatic carbocycles. The molecule has 0 radical (unpaired) electrons. The minimum absolute atomic E-state index is 0.0286. The second kappa shape index (κ2) is 5.50. The van der Waals surface area contributed by atoms with E-state index in [-0.39, 0.29) is 5.91 Å². The van der Waals surface area contributed by atoms with E-state index in [9.17, 15) is 9.00 Å². The number of carbonyl (C=O) groups excluding carboxylic acids is 1. The highest BCUT2D eigenvalue weighted by Crippen LogP contribution is 2.24. The molecular weight excluding hydrogens is 326 g/mol. The Bertz CT molecular complexity index is 471. The van der Waals surface area contributed by atoms with E-state index >= 15 is 0 Å². The van der Waals surface area contributed by atoms with Crippen LogP contribution in [0.5, 0.6) is 0 Å². The molecule has 1 saturated heterocycles. The van der Waals surface area contributed by atoms with Crippen molar-refractivity contribution < 1.29 is 9.00 Å². The monoisotopic (exact) mass is 335 g/mol. The van der Waals surface area contributed by atoms with Gasteiger partial charge in [-0.15, -0.1) is 0 Å². The Balaban J connectivity index is 2.14. The number of amides is 1. The Kier molecular flexibility index (Phi) is 4.22. The molecule has 0 saturated carbocycles. The lowest BCUT2D eigenvalue weighted by molar-refractivity contribution is 0.0771. The van der Waals surface area contributed by atoms with Crippen LogP contribution in [0, 0.1) is 0 Å². The van der Waals surface area contributed by atoms with Crippen LogP contribution in [0.1, 0.15) is 10.4 Å². The summed E-state index contributed by atoms with van der Waals surface area (Å²) in [4.78, 5) is 13.9. The van der Waals surface area contributed by atoms with Crippen molar-refractivity contribution in [1.29, 1.82) is 0 Å². The fraction of sp³-hybridized carbons (Fsp3) is 0.364. The molecule has 2 rings (SSSR count). The minimum Gasteiger partial charge on any atom is -0.337 e. The summed E-state index contributed by atoms with van der Waals surface area (Å²) >= 11 is 9.17. The Morgan fingerprint density at radius 2 is 2.00 bits per heavy atom. The van der Waals surface area contributed by atoms with E-state index in [4.69, 9.17) is 11.6 Å². The van der Waals surface area contributed by atoms with Crippen LogP contribution < -0.4 is 0 Å². The van der Waals surface area contributed by atoms with Gasteiger partial charge in [-0.05, 0) is 34.1 Å². The smallest absolute Gasteiger partial charge is 0.253 e. The van der Waals surface area contributed by atoms with Gasteiger partial charge in [-0.1, -0.05) is 11.6 Å². The quantitative estimate of drug-likeness (QED) is 0.789. The van der Waals surface area contributed by atoms with Crippen LogP contribution in [0.15, 0.2) is 22.7 Å². The highest BCUT2D eigenvalue weighted by atomic mass is 79.9. The zero-order valence-corrected chi connectivity index (χ0v) is 12.1. The topological polar surface area (TPSA) is 37.4 Å². The lowest BCUT2D eigenvalue weighted by atomic mass is 10.2. The lowest BCUT2D eigenvalue weighted by Crippen LogP contribution is -2.41. The molecule has 0 aromatic heterocycles. The molecule has 17 heavy (non-hydrogen) atoms. The van der Waals surface area contributed by atoms with Crippen molar-refractivity contribution in [3.63, 3.8) is 0 Å². The summed E-state index contributed by atoms with van der Waals surface area (Å²) in [5, 5.41) is 0.585. The van der Waals surface area contributed by atoms with E-state index < -0.39 is 10.8 Å². The predicted molar refractivity (Wildman–Crippen MR) is 72.9 cm³/mol. The van der Waals surface area contributed by atoms with Gasteiger partial charge in [0.2, 0.25) is 0 Å². The number of rotatable bonds is 1. The van der Waals surface area contributed by atoms with Gasteiger partial charge in [-0.3, -0.25) is 9.00 Å². The molecule has 1 aliphatic heterocycles. The van der Waals surface area contributed by atoms with Crippen LogP contribution in [0.2, 0.25) is 5.02 Å². The van der Waals surface area contributed by atoms with E-state index in [1.807, 2.05) is 0 Å². The third-order valence-electron chi connectivity index (χ3n) is 2.63. The average molecular weight is 337 g/mol. The normalized spacial score (nSPS) is 17.2. The molecule has 92 valence electrons. The number of hydrogen-bond donors (Lipinski definition) is 0. The van der Waals surface area contributed by atoms with E-state index in [0.717, 1.165) is 0 Å². The van der Waals surface area contributed by atoms with Gasteiger partial charge >= 0.3 is 0 Å². The maximum Gasteiger partial charge on any atom is 0.253 e. The average Bonchev–Trinajstić information content (AvgIpc) is 2.33. The molecule has 0 bridgehead atoms. The molecule has 6 heteroatoms. The van der Waals surface area contributed by atoms with Crippen LogP contribution in [0.3, 0.4) is 0 Å². The van der Waals surface area contributed by atoms with Gasteiger partial charge in [0, 0.05) is 45.4 Å². The van der Waals surface area contributed by atoms with Gasteiger partial charge in [0.15, 0.2) is 0 Å². The number of carbonyl (C=O) groups is 1. The SMILES string of the molecule is O=C(c1ccc(Cl)c(Br)c1)N1CCS(=O)CC1. The number of benzene rings is 1. The van der Waals surface area contributed by atoms with Crippen molar-refractivity contribution in [3.8, 4) is 0 Å². The zero-order chi connectivity index (χ0) is 12.4. The highest BCUT2D eigenvalue weighted by molar-refractivity contribution is 9.10. The maximum atomic E-state index is 12.1. The molecule has 0 N–H and O–H groups in total. The first-order chi connectivity index (χ1) is 8.08. The van der Waals surface area contributed by atoms with Crippen LogP contribution in [0.25, 0.3) is 0 Å². The van der Waals surface area contributed by atoms with E-state index in [1.54, 1.807) is 23.1 Å². The van der Waals surface area contributed by atoms with E-state index in [0.29, 0.717) is 39.7 Å². The molecule has 0 atom stereocenters. The highest BCUT2D eigenvalue weighted by Gasteiger charge is 2.21. The van der Waals surface area contributed by atoms with Crippen molar-refractivity contribution in [3.05, 3.63) is 33.3 Å². The van der Waals surface area contributed by atoms with E-state index in [2.05, 4.69) is 15.9 Å². The first kappa shape index (κ1) is 13.1. The van der Waals surface area contributed by atoms with Crippen LogP contribution in [0.4, 0.5) is 0 Å². The van der Waals surface area contributed by atoms with Crippen LogP contribution in [-0.2, 0) is 10.8 Å². The molecule has 1 amide bonds. The molecule has 3 nitrogen and oxygen atoms in total. The Hall–Kier alpha value is -0.390. The second-order valence-corrected chi connectivity index (χ2v) is 6.73. The molecule has 0 unspecified atom stereocenters. The van der Waals surface area contributed by atoms with Crippen molar-refractivity contribution in [1.82, 2.24) is 4.90 Å². The fourth-order valence-electron chi connectivity index (χ4n) is 1.65. The Morgan fingerprint density at radius 3 is 2.59 bits per heavy atom. The van der Waals surface area contributed by atoms with Crippen molar-refractivity contribution in [2.75, 3.05) is 24.6 Å². The zero-order valence-electron chi connectivity index (χ0n) is 8.99. The molecule has 1 fully saturated rings. The third-order valence-corrected chi connectivity index (χ3v) is 5.12. The van der Waals surface area contributed by atoms with Gasteiger partial charge in [0.05, 0.1) is 5.02 Å². The molecular formula is C11H11BrClNO2S. The summed E-state index contributed by atoms with van der Waals surface area (Å²) in [7, 11) is -0.766. The molecule has 1 aliphatic rings. The summed E-state index contributed by atoms with van der Waals surface area (Å²) in [6, 6.07) is 5.12. The van der Waals surface area contributed by atoms with Crippen LogP contribution in [-0.4, -0.2) is 39.6 Å². The summed E-state index contributed by atoms with van der Waals surface area (Å²) in [6.07, 6.45) is 0. The summed E-state index contributed by atoms with van der Waals surface area (Å²) in [5.74, 6) is 1.11. The van der Waals surface area contributed by atoms with E-state index in [1.165, 1.54) is 0 Å². The first-order valence-corrected chi connectivity index (χ1v) is 7.83. The fourth-order valence-corrected chi connectivity index (χ4v) is 3.20. The summed E-state index contributed by atoms with van der Waals surface area (Å²) < 4.78 is 11.9. The van der Waals surface area contributed by atoms with Crippen molar-refractivity contribution >= 4 is 44.2 Å². The number of nitrogens with zero attached hydrogens (tertiary/aromatic N) is 1. The Morgan fingerprint density at radius 1 is 1.35 bits per heavy atom. The van der Waals surface area contributed by atoms with Crippen molar-refractivity contribution in [2.24, 2.45) is 0 Å². The van der Waals surface area contributed by atoms with Gasteiger partial charge in [-0.25, -0.2) is 0 Å². The standard InChI is InChI=1S/C11H11BrClNO2S/c12-9-7-8(1-2-10(9)13)11(15)14-3-5-17(16)6-4-14/h1-2,7H,3-6H2. The summed E-state index contributed by atoms with van der Waals surface area (Å²) in [5.41, 5.74) is 0.606. The summed E-state index contributed by atoms with van der Waals surface area (Å²) in [6.45, 7) is 1.12. The minimum atomic E-state index is -0.766. The maximum absolute atomic E-state index is 12.1. The molecule has 0 spiro atoms. The van der Waals surface area contributed by atoms with Gasteiger partial charge < -0.3 is 4.90 Å². The third kappa shape index (κ3) is 3.09.